The van der Waals surface area contributed by atoms with E-state index in [2.05, 4.69) is 17.3 Å². The van der Waals surface area contributed by atoms with Crippen LogP contribution in [0.25, 0.3) is 0 Å². The fourth-order valence-corrected chi connectivity index (χ4v) is 2.68. The van der Waals surface area contributed by atoms with E-state index in [1.807, 2.05) is 11.8 Å². The zero-order valence-electron chi connectivity index (χ0n) is 7.95. The summed E-state index contributed by atoms with van der Waals surface area (Å²) in [6, 6.07) is 0. The van der Waals surface area contributed by atoms with Crippen molar-refractivity contribution in [2.24, 2.45) is 5.73 Å². The standard InChI is InChI=1S/C9H16N2S2/c1-2-3-9-11-8(7-13-9)6-12-5-4-10/h7H,2-6,10H2,1H3. The van der Waals surface area contributed by atoms with Gasteiger partial charge in [0.1, 0.15) is 0 Å². The first kappa shape index (κ1) is 11.0. The third kappa shape index (κ3) is 4.11. The topological polar surface area (TPSA) is 38.9 Å². The molecule has 2 nitrogen and oxygen atoms in total. The van der Waals surface area contributed by atoms with Gasteiger partial charge in [-0.05, 0) is 12.8 Å². The molecule has 0 aliphatic carbocycles. The molecule has 1 aromatic heterocycles. The summed E-state index contributed by atoms with van der Waals surface area (Å²) in [6.07, 6.45) is 2.30. The Bertz CT molecular complexity index is 235. The van der Waals surface area contributed by atoms with Crippen molar-refractivity contribution in [2.75, 3.05) is 12.3 Å². The monoisotopic (exact) mass is 216 g/mol. The number of nitrogens with two attached hydrogens (primary N) is 1. The lowest BCUT2D eigenvalue weighted by Crippen LogP contribution is -2.01. The third-order valence-corrected chi connectivity index (χ3v) is 3.56. The van der Waals surface area contributed by atoms with Gasteiger partial charge in [0.2, 0.25) is 0 Å². The van der Waals surface area contributed by atoms with Crippen molar-refractivity contribution < 1.29 is 0 Å². The van der Waals surface area contributed by atoms with Crippen LogP contribution in [-0.4, -0.2) is 17.3 Å². The molecule has 13 heavy (non-hydrogen) atoms. The molecule has 0 bridgehead atoms. The second-order valence-electron chi connectivity index (χ2n) is 2.82. The predicted octanol–water partition coefficient (Wildman–Crippen LogP) is 2.29. The summed E-state index contributed by atoms with van der Waals surface area (Å²) >= 11 is 3.63. The number of hydrogen-bond donors (Lipinski definition) is 1. The molecule has 0 amide bonds. The van der Waals surface area contributed by atoms with Gasteiger partial charge in [0, 0.05) is 23.4 Å². The molecule has 4 heteroatoms. The van der Waals surface area contributed by atoms with E-state index < -0.39 is 0 Å². The zero-order chi connectivity index (χ0) is 9.52. The van der Waals surface area contributed by atoms with E-state index in [1.54, 1.807) is 11.3 Å². The minimum atomic E-state index is 0.761. The molecular weight excluding hydrogens is 200 g/mol. The SMILES string of the molecule is CCCc1nc(CSCCN)cs1. The Balaban J connectivity index is 2.31. The highest BCUT2D eigenvalue weighted by molar-refractivity contribution is 7.98. The van der Waals surface area contributed by atoms with Crippen molar-refractivity contribution in [1.82, 2.24) is 4.98 Å². The summed E-state index contributed by atoms with van der Waals surface area (Å²) in [6.45, 7) is 2.95. The van der Waals surface area contributed by atoms with E-state index in [-0.39, 0.29) is 0 Å². The van der Waals surface area contributed by atoms with Crippen LogP contribution >= 0.6 is 23.1 Å². The Kier molecular flexibility index (Phi) is 5.43. The number of hydrogen-bond acceptors (Lipinski definition) is 4. The van der Waals surface area contributed by atoms with E-state index in [4.69, 9.17) is 5.73 Å². The van der Waals surface area contributed by atoms with Crippen LogP contribution in [0.4, 0.5) is 0 Å². The highest BCUT2D eigenvalue weighted by atomic mass is 32.2. The first-order valence-corrected chi connectivity index (χ1v) is 6.61. The molecule has 1 aromatic rings. The van der Waals surface area contributed by atoms with Crippen LogP contribution in [-0.2, 0) is 12.2 Å². The zero-order valence-corrected chi connectivity index (χ0v) is 9.59. The van der Waals surface area contributed by atoms with Crippen LogP contribution in [0.2, 0.25) is 0 Å². The Hall–Kier alpha value is -0.0600. The number of rotatable bonds is 6. The largest absolute Gasteiger partial charge is 0.330 e. The lowest BCUT2D eigenvalue weighted by Gasteiger charge is -1.94. The number of aryl methyl sites for hydroxylation is 1. The number of nitrogens with zero attached hydrogens (tertiary/aromatic N) is 1. The Morgan fingerprint density at radius 1 is 1.62 bits per heavy atom. The van der Waals surface area contributed by atoms with Crippen molar-refractivity contribution in [2.45, 2.75) is 25.5 Å². The fraction of sp³-hybridized carbons (Fsp3) is 0.667. The maximum atomic E-state index is 5.41. The van der Waals surface area contributed by atoms with Gasteiger partial charge in [0.25, 0.3) is 0 Å². The van der Waals surface area contributed by atoms with Gasteiger partial charge in [-0.3, -0.25) is 0 Å². The molecule has 0 spiro atoms. The van der Waals surface area contributed by atoms with Gasteiger partial charge >= 0.3 is 0 Å². The molecule has 0 atom stereocenters. The second kappa shape index (κ2) is 6.40. The van der Waals surface area contributed by atoms with E-state index >= 15 is 0 Å². The van der Waals surface area contributed by atoms with Gasteiger partial charge in [0.15, 0.2) is 0 Å². The van der Waals surface area contributed by atoms with Crippen molar-refractivity contribution >= 4 is 23.1 Å². The van der Waals surface area contributed by atoms with Crippen LogP contribution in [0.15, 0.2) is 5.38 Å². The number of thiazole rings is 1. The summed E-state index contributed by atoms with van der Waals surface area (Å²) < 4.78 is 0. The summed E-state index contributed by atoms with van der Waals surface area (Å²) in [7, 11) is 0. The van der Waals surface area contributed by atoms with Crippen LogP contribution in [0, 0.1) is 0 Å². The maximum absolute atomic E-state index is 5.41. The molecule has 0 saturated heterocycles. The van der Waals surface area contributed by atoms with Crippen LogP contribution in [0.3, 0.4) is 0 Å². The molecule has 74 valence electrons. The second-order valence-corrected chi connectivity index (χ2v) is 4.87. The van der Waals surface area contributed by atoms with E-state index in [9.17, 15) is 0 Å². The number of aromatic nitrogens is 1. The smallest absolute Gasteiger partial charge is 0.0928 e. The lowest BCUT2D eigenvalue weighted by atomic mass is 10.3. The fourth-order valence-electron chi connectivity index (χ4n) is 1.00. The van der Waals surface area contributed by atoms with Crippen molar-refractivity contribution in [3.8, 4) is 0 Å². The quantitative estimate of drug-likeness (QED) is 0.742. The van der Waals surface area contributed by atoms with E-state index in [0.717, 1.165) is 24.5 Å². The van der Waals surface area contributed by atoms with Gasteiger partial charge in [-0.25, -0.2) is 4.98 Å². The molecule has 2 N–H and O–H groups in total. The highest BCUT2D eigenvalue weighted by Gasteiger charge is 2.00. The molecule has 0 aliphatic rings. The molecule has 0 saturated carbocycles. The van der Waals surface area contributed by atoms with Crippen molar-refractivity contribution in [1.29, 1.82) is 0 Å². The molecule has 0 fully saturated rings. The highest BCUT2D eigenvalue weighted by Crippen LogP contribution is 2.16. The van der Waals surface area contributed by atoms with Gasteiger partial charge < -0.3 is 5.73 Å². The van der Waals surface area contributed by atoms with Crippen molar-refractivity contribution in [3.05, 3.63) is 16.1 Å². The van der Waals surface area contributed by atoms with Gasteiger partial charge in [-0.15, -0.1) is 11.3 Å². The maximum Gasteiger partial charge on any atom is 0.0928 e. The predicted molar refractivity (Wildman–Crippen MR) is 61.3 cm³/mol. The first-order valence-electron chi connectivity index (χ1n) is 4.58. The van der Waals surface area contributed by atoms with Crippen LogP contribution in [0.5, 0.6) is 0 Å². The van der Waals surface area contributed by atoms with E-state index in [0.29, 0.717) is 0 Å². The summed E-state index contributed by atoms with van der Waals surface area (Å²) in [4.78, 5) is 4.53. The molecule has 0 aromatic carbocycles. The van der Waals surface area contributed by atoms with Gasteiger partial charge in [0.05, 0.1) is 10.7 Å². The summed E-state index contributed by atoms with van der Waals surface area (Å²) in [5.74, 6) is 2.04. The average Bonchev–Trinajstić information content (AvgIpc) is 2.54. The Morgan fingerprint density at radius 3 is 3.15 bits per heavy atom. The molecule has 1 heterocycles. The minimum absolute atomic E-state index is 0.761. The Morgan fingerprint density at radius 2 is 2.46 bits per heavy atom. The molecule has 1 rings (SSSR count). The molecule has 0 radical (unpaired) electrons. The first-order chi connectivity index (χ1) is 6.36. The average molecular weight is 216 g/mol. The van der Waals surface area contributed by atoms with Crippen molar-refractivity contribution in [3.63, 3.8) is 0 Å². The number of thioether (sulfide) groups is 1. The van der Waals surface area contributed by atoms with Crippen LogP contribution < -0.4 is 5.73 Å². The molecular formula is C9H16N2S2. The van der Waals surface area contributed by atoms with Gasteiger partial charge in [-0.1, -0.05) is 6.92 Å². The summed E-state index contributed by atoms with van der Waals surface area (Å²) in [5, 5.41) is 3.43. The third-order valence-electron chi connectivity index (χ3n) is 1.58. The molecule has 0 aliphatic heterocycles. The lowest BCUT2D eigenvalue weighted by molar-refractivity contribution is 0.902. The minimum Gasteiger partial charge on any atom is -0.330 e. The van der Waals surface area contributed by atoms with E-state index in [1.165, 1.54) is 17.1 Å². The normalized spacial score (nSPS) is 10.6. The molecule has 0 unspecified atom stereocenters. The van der Waals surface area contributed by atoms with Gasteiger partial charge in [-0.2, -0.15) is 11.8 Å². The van der Waals surface area contributed by atoms with Crippen LogP contribution in [0.1, 0.15) is 24.0 Å². The summed E-state index contributed by atoms with van der Waals surface area (Å²) in [5.41, 5.74) is 6.62. The Labute approximate surface area is 87.9 Å².